The molecule has 11 heteroatoms. The van der Waals surface area contributed by atoms with Crippen molar-refractivity contribution in [3.8, 4) is 30.3 Å². The lowest BCUT2D eigenvalue weighted by Gasteiger charge is -2.15. The van der Waals surface area contributed by atoms with Crippen LogP contribution in [0, 0.1) is 90.2 Å². The van der Waals surface area contributed by atoms with Gasteiger partial charge in [-0.25, -0.2) is 25.1 Å². The number of rotatable bonds is 2. The lowest BCUT2D eigenvalue weighted by molar-refractivity contribution is -0.137. The summed E-state index contributed by atoms with van der Waals surface area (Å²) in [5.74, 6) is 0. The van der Waals surface area contributed by atoms with Gasteiger partial charge in [0.2, 0.25) is 5.70 Å². The first-order valence-electron chi connectivity index (χ1n) is 13.6. The minimum Gasteiger partial charge on any atom is -0.237 e. The van der Waals surface area contributed by atoms with Crippen LogP contribution in [0.1, 0.15) is 61.2 Å². The molecular formula is C37H13F3N8. The van der Waals surface area contributed by atoms with Crippen LogP contribution >= 0.6 is 0 Å². The van der Waals surface area contributed by atoms with E-state index in [1.165, 1.54) is 12.1 Å². The Morgan fingerprint density at radius 2 is 1.31 bits per heavy atom. The highest BCUT2D eigenvalue weighted by atomic mass is 19.4. The van der Waals surface area contributed by atoms with E-state index in [0.29, 0.717) is 11.6 Å². The van der Waals surface area contributed by atoms with Gasteiger partial charge in [0.25, 0.3) is 11.4 Å². The number of hydrogen-bond donors (Lipinski definition) is 0. The third-order valence-corrected chi connectivity index (χ3v) is 7.83. The van der Waals surface area contributed by atoms with Gasteiger partial charge in [-0.1, -0.05) is 35.4 Å². The highest BCUT2D eigenvalue weighted by Gasteiger charge is 2.41. The molecule has 0 unspecified atom stereocenters. The first-order valence-corrected chi connectivity index (χ1v) is 13.6. The smallest absolute Gasteiger partial charge is 0.237 e. The Balaban J connectivity index is 2.00. The zero-order chi connectivity index (χ0) is 35.1. The summed E-state index contributed by atoms with van der Waals surface area (Å²) in [6, 6.07) is 18.5. The van der Waals surface area contributed by atoms with Gasteiger partial charge in [-0.05, 0) is 71.0 Å². The highest BCUT2D eigenvalue weighted by molar-refractivity contribution is 6.30. The van der Waals surface area contributed by atoms with Crippen LogP contribution in [0.15, 0.2) is 53.9 Å². The van der Waals surface area contributed by atoms with Crippen molar-refractivity contribution in [2.75, 3.05) is 0 Å². The minimum atomic E-state index is -4.88. The molecule has 0 saturated heterocycles. The molecule has 0 aliphatic heterocycles. The van der Waals surface area contributed by atoms with E-state index in [1.54, 1.807) is 18.2 Å². The predicted octanol–water partition coefficient (Wildman–Crippen LogP) is 8.62. The number of nitrogens with zero attached hydrogens (tertiary/aromatic N) is 8. The molecule has 5 rings (SSSR count). The monoisotopic (exact) mass is 626 g/mol. The van der Waals surface area contributed by atoms with Gasteiger partial charge in [-0.3, -0.25) is 0 Å². The van der Waals surface area contributed by atoms with E-state index in [0.717, 1.165) is 23.3 Å². The lowest BCUT2D eigenvalue weighted by Crippen LogP contribution is -2.08. The molecule has 3 aromatic carbocycles. The van der Waals surface area contributed by atoms with Crippen molar-refractivity contribution < 1.29 is 13.2 Å². The van der Waals surface area contributed by atoms with Crippen LogP contribution in [-0.2, 0) is 6.18 Å². The van der Waals surface area contributed by atoms with Gasteiger partial charge in [0.1, 0.15) is 6.07 Å². The van der Waals surface area contributed by atoms with Gasteiger partial charge in [-0.2, -0.15) is 29.0 Å². The molecule has 0 aromatic heterocycles. The van der Waals surface area contributed by atoms with E-state index in [1.807, 2.05) is 38.1 Å². The van der Waals surface area contributed by atoms with E-state index < -0.39 is 28.7 Å². The SMILES string of the molecule is [C-]#[N+]C1=C(c2cc(C)cc(C)c2)/C(=C(/C#N)[N+]#[C-])c2cc3c(c(C#N)c21)/C(=C(/C#N)[N+]#[C-])C(c1ccc(C(F)(F)F)c(C#N)c1)=C3C#N. The van der Waals surface area contributed by atoms with Crippen LogP contribution < -0.4 is 0 Å². The number of benzene rings is 3. The molecule has 48 heavy (non-hydrogen) atoms. The maximum Gasteiger partial charge on any atom is 0.417 e. The molecule has 0 heterocycles. The Morgan fingerprint density at radius 3 is 1.81 bits per heavy atom. The molecule has 0 radical (unpaired) electrons. The molecule has 0 bridgehead atoms. The summed E-state index contributed by atoms with van der Waals surface area (Å²) >= 11 is 0. The quantitative estimate of drug-likeness (QED) is 0.207. The fraction of sp³-hybridized carbons (Fsp3) is 0.0811. The van der Waals surface area contributed by atoms with E-state index in [4.69, 9.17) is 19.7 Å². The number of nitriles is 5. The molecule has 2 aliphatic carbocycles. The molecule has 0 spiro atoms. The summed E-state index contributed by atoms with van der Waals surface area (Å²) in [6.45, 7) is 27.3. The zero-order valence-corrected chi connectivity index (χ0v) is 24.8. The summed E-state index contributed by atoms with van der Waals surface area (Å²) < 4.78 is 41.0. The number of aryl methyl sites for hydroxylation is 2. The first-order chi connectivity index (χ1) is 22.9. The second kappa shape index (κ2) is 11.7. The maximum atomic E-state index is 13.7. The Morgan fingerprint density at radius 1 is 0.688 bits per heavy atom. The van der Waals surface area contributed by atoms with Gasteiger partial charge < -0.3 is 0 Å². The molecule has 3 aromatic rings. The van der Waals surface area contributed by atoms with Gasteiger partial charge in [0.15, 0.2) is 0 Å². The van der Waals surface area contributed by atoms with E-state index >= 15 is 0 Å². The average molecular weight is 627 g/mol. The second-order valence-corrected chi connectivity index (χ2v) is 10.5. The number of halogens is 3. The summed E-state index contributed by atoms with van der Waals surface area (Å²) in [5.41, 5.74) is -1.66. The number of fused-ring (bicyclic) bond motifs is 2. The topological polar surface area (TPSA) is 132 Å². The Labute approximate surface area is 272 Å². The first kappa shape index (κ1) is 31.7. The molecule has 0 fully saturated rings. The van der Waals surface area contributed by atoms with Crippen LogP contribution in [0.5, 0.6) is 0 Å². The molecule has 0 saturated carbocycles. The van der Waals surface area contributed by atoms with Crippen molar-refractivity contribution in [1.29, 1.82) is 26.3 Å². The van der Waals surface area contributed by atoms with Gasteiger partial charge in [-0.15, -0.1) is 0 Å². The highest BCUT2D eigenvalue weighted by Crippen LogP contribution is 2.57. The van der Waals surface area contributed by atoms with E-state index in [9.17, 15) is 39.5 Å². The van der Waals surface area contributed by atoms with Crippen LogP contribution in [0.2, 0.25) is 0 Å². The Kier molecular flexibility index (Phi) is 7.73. The Bertz CT molecular complexity index is 2490. The molecule has 2 aliphatic rings. The average Bonchev–Trinajstić information content (AvgIpc) is 3.56. The predicted molar refractivity (Wildman–Crippen MR) is 167 cm³/mol. The van der Waals surface area contributed by atoms with Crippen molar-refractivity contribution in [2.24, 2.45) is 0 Å². The van der Waals surface area contributed by atoms with Crippen LogP contribution in [0.4, 0.5) is 13.2 Å². The van der Waals surface area contributed by atoms with Crippen molar-refractivity contribution >= 4 is 33.6 Å². The van der Waals surface area contributed by atoms with Crippen LogP contribution in [0.3, 0.4) is 0 Å². The third-order valence-electron chi connectivity index (χ3n) is 7.83. The van der Waals surface area contributed by atoms with Gasteiger partial charge in [0, 0.05) is 16.7 Å². The fourth-order valence-corrected chi connectivity index (χ4v) is 6.17. The molecule has 222 valence electrons. The van der Waals surface area contributed by atoms with Crippen molar-refractivity contribution in [2.45, 2.75) is 20.0 Å². The van der Waals surface area contributed by atoms with Gasteiger partial charge in [0.05, 0.1) is 66.3 Å². The zero-order valence-electron chi connectivity index (χ0n) is 24.8. The number of allylic oxidation sites excluding steroid dienone is 7. The summed E-state index contributed by atoms with van der Waals surface area (Å²) in [6.07, 6.45) is -4.88. The van der Waals surface area contributed by atoms with Crippen LogP contribution in [-0.4, -0.2) is 0 Å². The van der Waals surface area contributed by atoms with E-state index in [-0.39, 0.29) is 66.9 Å². The minimum absolute atomic E-state index is 0.00150. The third kappa shape index (κ3) is 4.64. The molecule has 0 atom stereocenters. The maximum absolute atomic E-state index is 13.7. The van der Waals surface area contributed by atoms with Crippen molar-refractivity contribution in [3.05, 3.63) is 149 Å². The molecule has 0 amide bonds. The lowest BCUT2D eigenvalue weighted by atomic mass is 9.87. The fourth-order valence-electron chi connectivity index (χ4n) is 6.17. The number of alkyl halides is 3. The summed E-state index contributed by atoms with van der Waals surface area (Å²) in [5, 5.41) is 50.8. The summed E-state index contributed by atoms with van der Waals surface area (Å²) in [4.78, 5) is 10.4. The molecule has 8 nitrogen and oxygen atoms in total. The number of hydrogen-bond acceptors (Lipinski definition) is 5. The van der Waals surface area contributed by atoms with E-state index in [2.05, 4.69) is 14.5 Å². The second-order valence-electron chi connectivity index (χ2n) is 10.5. The normalized spacial score (nSPS) is 14.9. The Hall–Kier alpha value is -7.67. The van der Waals surface area contributed by atoms with Gasteiger partial charge >= 0.3 is 6.18 Å². The molecular weight excluding hydrogens is 613 g/mol. The summed E-state index contributed by atoms with van der Waals surface area (Å²) in [7, 11) is 0. The van der Waals surface area contributed by atoms with Crippen molar-refractivity contribution in [1.82, 2.24) is 0 Å². The standard InChI is InChI=1S/C37H13F3N8/c1-18-8-19(2)10-21(9-18)31-34(28(16-44)46-3)24-12-23-25(14-42)30(20-6-7-27(37(38,39)40)22(11-20)13-41)35(29(17-45)47-4)32(23)26(15-43)33(24)36(31)48-5/h6-12H,1-2H3/b34-28-,35-29-. The largest absolute Gasteiger partial charge is 0.417 e. The van der Waals surface area contributed by atoms with Crippen LogP contribution in [0.25, 0.3) is 48.1 Å². The molecule has 0 N–H and O–H groups in total. The van der Waals surface area contributed by atoms with Crippen molar-refractivity contribution in [3.63, 3.8) is 0 Å².